The molecule has 2 aromatic rings. The van der Waals surface area contributed by atoms with Gasteiger partial charge in [0.25, 0.3) is 0 Å². The molecule has 2 N–H and O–H groups in total. The van der Waals surface area contributed by atoms with Crippen LogP contribution in [0.5, 0.6) is 0 Å². The first kappa shape index (κ1) is 11.7. The third kappa shape index (κ3) is 2.04. The Morgan fingerprint density at radius 1 is 1.29 bits per heavy atom. The number of nitrogen functional groups attached to an aromatic ring is 1. The van der Waals surface area contributed by atoms with Crippen LogP contribution in [-0.4, -0.2) is 0 Å². The van der Waals surface area contributed by atoms with Gasteiger partial charge in [0.2, 0.25) is 0 Å². The third-order valence-electron chi connectivity index (χ3n) is 2.87. The van der Waals surface area contributed by atoms with Gasteiger partial charge >= 0.3 is 0 Å². The van der Waals surface area contributed by atoms with Crippen LogP contribution in [0.2, 0.25) is 0 Å². The van der Waals surface area contributed by atoms with Gasteiger partial charge in [-0.2, -0.15) is 5.26 Å². The Labute approximate surface area is 105 Å². The lowest BCUT2D eigenvalue weighted by molar-refractivity contribution is 1.14. The van der Waals surface area contributed by atoms with E-state index in [0.717, 1.165) is 22.4 Å². The summed E-state index contributed by atoms with van der Waals surface area (Å²) in [5.74, 6) is 0. The quantitative estimate of drug-likeness (QED) is 0.872. The van der Waals surface area contributed by atoms with E-state index >= 15 is 0 Å². The van der Waals surface area contributed by atoms with Crippen molar-refractivity contribution in [1.82, 2.24) is 0 Å². The first-order chi connectivity index (χ1) is 8.17. The van der Waals surface area contributed by atoms with E-state index in [2.05, 4.69) is 37.3 Å². The average Bonchev–Trinajstić information content (AvgIpc) is 2.63. The summed E-state index contributed by atoms with van der Waals surface area (Å²) in [4.78, 5) is 1.10. The van der Waals surface area contributed by atoms with Gasteiger partial charge in [0.05, 0.1) is 5.56 Å². The molecule has 1 heterocycles. The van der Waals surface area contributed by atoms with Crippen molar-refractivity contribution in [3.8, 4) is 17.2 Å². The van der Waals surface area contributed by atoms with Gasteiger partial charge in [-0.3, -0.25) is 0 Å². The Morgan fingerprint density at radius 3 is 2.47 bits per heavy atom. The van der Waals surface area contributed by atoms with Crippen molar-refractivity contribution in [1.29, 1.82) is 5.26 Å². The van der Waals surface area contributed by atoms with E-state index in [1.54, 1.807) is 0 Å². The highest BCUT2D eigenvalue weighted by atomic mass is 32.1. The number of nitriles is 1. The molecule has 2 nitrogen and oxygen atoms in total. The van der Waals surface area contributed by atoms with Crippen molar-refractivity contribution in [3.63, 3.8) is 0 Å². The van der Waals surface area contributed by atoms with Gasteiger partial charge in [-0.05, 0) is 24.5 Å². The number of hydrogen-bond donors (Lipinski definition) is 1. The highest BCUT2D eigenvalue weighted by Crippen LogP contribution is 2.37. The van der Waals surface area contributed by atoms with Crippen molar-refractivity contribution in [2.75, 3.05) is 5.73 Å². The van der Waals surface area contributed by atoms with E-state index < -0.39 is 0 Å². The summed E-state index contributed by atoms with van der Waals surface area (Å²) in [6, 6.07) is 10.5. The van der Waals surface area contributed by atoms with E-state index in [4.69, 9.17) is 11.0 Å². The number of benzene rings is 1. The maximum atomic E-state index is 9.15. The van der Waals surface area contributed by atoms with E-state index in [-0.39, 0.29) is 0 Å². The van der Waals surface area contributed by atoms with Crippen molar-refractivity contribution in [2.45, 2.75) is 20.3 Å². The van der Waals surface area contributed by atoms with Crippen LogP contribution < -0.4 is 5.73 Å². The molecule has 3 heteroatoms. The molecule has 86 valence electrons. The van der Waals surface area contributed by atoms with Gasteiger partial charge in [0.1, 0.15) is 11.1 Å². The minimum atomic E-state index is 0.608. The molecule has 0 fully saturated rings. The lowest BCUT2D eigenvalue weighted by Crippen LogP contribution is -1.87. The third-order valence-corrected chi connectivity index (χ3v) is 3.81. The Kier molecular flexibility index (Phi) is 3.16. The van der Waals surface area contributed by atoms with Crippen LogP contribution in [0.4, 0.5) is 5.00 Å². The fourth-order valence-corrected chi connectivity index (χ4v) is 2.83. The van der Waals surface area contributed by atoms with E-state index in [9.17, 15) is 0 Å². The van der Waals surface area contributed by atoms with Gasteiger partial charge in [-0.1, -0.05) is 31.2 Å². The molecule has 0 spiro atoms. The zero-order valence-corrected chi connectivity index (χ0v) is 10.8. The molecule has 0 atom stereocenters. The largest absolute Gasteiger partial charge is 0.389 e. The Balaban J connectivity index is 2.56. The average molecular weight is 242 g/mol. The molecule has 0 aliphatic carbocycles. The van der Waals surface area contributed by atoms with Crippen molar-refractivity contribution >= 4 is 16.3 Å². The maximum absolute atomic E-state index is 9.15. The van der Waals surface area contributed by atoms with Crippen molar-refractivity contribution < 1.29 is 0 Å². The number of aryl methyl sites for hydroxylation is 2. The van der Waals surface area contributed by atoms with E-state index in [0.29, 0.717) is 10.6 Å². The second kappa shape index (κ2) is 4.60. The fourth-order valence-electron chi connectivity index (χ4n) is 1.93. The molecule has 0 radical (unpaired) electrons. The molecule has 2 rings (SSSR count). The summed E-state index contributed by atoms with van der Waals surface area (Å²) in [5, 5.41) is 9.76. The summed E-state index contributed by atoms with van der Waals surface area (Å²) in [6.45, 7) is 4.13. The number of nitrogens with zero attached hydrogens (tertiary/aromatic N) is 1. The minimum Gasteiger partial charge on any atom is -0.389 e. The smallest absolute Gasteiger partial charge is 0.105 e. The van der Waals surface area contributed by atoms with Gasteiger partial charge in [0, 0.05) is 10.4 Å². The Bertz CT molecular complexity index is 574. The molecule has 0 aliphatic rings. The fraction of sp³-hybridized carbons (Fsp3) is 0.214. The second-order valence-electron chi connectivity index (χ2n) is 3.93. The Morgan fingerprint density at radius 2 is 1.94 bits per heavy atom. The monoisotopic (exact) mass is 242 g/mol. The van der Waals surface area contributed by atoms with Crippen LogP contribution in [0, 0.1) is 18.3 Å². The van der Waals surface area contributed by atoms with E-state index in [1.807, 2.05) is 6.92 Å². The SMILES string of the molecule is CCc1ccc(-c2c(C)sc(N)c2C#N)cc1. The second-order valence-corrected chi connectivity index (χ2v) is 5.19. The number of anilines is 1. The molecule has 0 saturated heterocycles. The summed E-state index contributed by atoms with van der Waals surface area (Å²) in [7, 11) is 0. The van der Waals surface area contributed by atoms with Gasteiger partial charge in [0.15, 0.2) is 0 Å². The van der Waals surface area contributed by atoms with Crippen LogP contribution in [0.1, 0.15) is 22.9 Å². The van der Waals surface area contributed by atoms with Crippen molar-refractivity contribution in [2.24, 2.45) is 0 Å². The van der Waals surface area contributed by atoms with Gasteiger partial charge < -0.3 is 5.73 Å². The topological polar surface area (TPSA) is 49.8 Å². The van der Waals surface area contributed by atoms with E-state index in [1.165, 1.54) is 16.9 Å². The number of rotatable bonds is 2. The number of hydrogen-bond acceptors (Lipinski definition) is 3. The molecule has 1 aromatic carbocycles. The first-order valence-corrected chi connectivity index (χ1v) is 6.37. The zero-order valence-electron chi connectivity index (χ0n) is 9.95. The molecular weight excluding hydrogens is 228 g/mol. The minimum absolute atomic E-state index is 0.608. The molecule has 0 amide bonds. The molecule has 1 aromatic heterocycles. The highest BCUT2D eigenvalue weighted by Gasteiger charge is 2.14. The van der Waals surface area contributed by atoms with Gasteiger partial charge in [-0.25, -0.2) is 0 Å². The molecule has 0 unspecified atom stereocenters. The normalized spacial score (nSPS) is 10.2. The summed E-state index contributed by atoms with van der Waals surface area (Å²) < 4.78 is 0. The van der Waals surface area contributed by atoms with Crippen LogP contribution in [-0.2, 0) is 6.42 Å². The lowest BCUT2D eigenvalue weighted by Gasteiger charge is -2.03. The standard InChI is InChI=1S/C14H14N2S/c1-3-10-4-6-11(7-5-10)13-9(2)17-14(16)12(13)8-15/h4-7H,3,16H2,1-2H3. The highest BCUT2D eigenvalue weighted by molar-refractivity contribution is 7.16. The molecule has 17 heavy (non-hydrogen) atoms. The summed E-state index contributed by atoms with van der Waals surface area (Å²) in [6.07, 6.45) is 1.02. The van der Waals surface area contributed by atoms with Crippen LogP contribution in [0.25, 0.3) is 11.1 Å². The van der Waals surface area contributed by atoms with Crippen LogP contribution >= 0.6 is 11.3 Å². The molecular formula is C14H14N2S. The molecule has 0 aliphatic heterocycles. The zero-order chi connectivity index (χ0) is 12.4. The lowest BCUT2D eigenvalue weighted by atomic mass is 10.0. The Hall–Kier alpha value is -1.79. The number of thiophene rings is 1. The number of nitrogens with two attached hydrogens (primary N) is 1. The van der Waals surface area contributed by atoms with Crippen LogP contribution in [0.3, 0.4) is 0 Å². The first-order valence-electron chi connectivity index (χ1n) is 5.55. The van der Waals surface area contributed by atoms with Crippen LogP contribution in [0.15, 0.2) is 24.3 Å². The van der Waals surface area contributed by atoms with Crippen molar-refractivity contribution in [3.05, 3.63) is 40.3 Å². The summed E-state index contributed by atoms with van der Waals surface area (Å²) >= 11 is 1.48. The maximum Gasteiger partial charge on any atom is 0.105 e. The van der Waals surface area contributed by atoms with Gasteiger partial charge in [-0.15, -0.1) is 11.3 Å². The molecule has 0 bridgehead atoms. The molecule has 0 saturated carbocycles. The summed E-state index contributed by atoms with van der Waals surface area (Å²) in [5.41, 5.74) is 9.81. The predicted octanol–water partition coefficient (Wildman–Crippen LogP) is 3.74. The predicted molar refractivity (Wildman–Crippen MR) is 73.0 cm³/mol.